The number of carboxylic acids is 3. The number of rotatable bonds is 24. The van der Waals surface area contributed by atoms with E-state index in [9.17, 15) is 70.0 Å². The molecule has 0 saturated carbocycles. The molecule has 0 spiro atoms. The van der Waals surface area contributed by atoms with Crippen LogP contribution in [0.25, 0.3) is 0 Å². The Balaban J connectivity index is 3.34. The van der Waals surface area contributed by atoms with Crippen LogP contribution in [0.4, 0.5) is 0 Å². The summed E-state index contributed by atoms with van der Waals surface area (Å²) in [7, 11) is -9.86. The maximum Gasteiger partial charge on any atom is 0.317 e. The third kappa shape index (κ3) is 22.8. The minimum Gasteiger partial charge on any atom is -0.480 e. The van der Waals surface area contributed by atoms with E-state index < -0.39 is 99.3 Å². The van der Waals surface area contributed by atoms with Gasteiger partial charge in [0.1, 0.15) is 24.0 Å². The van der Waals surface area contributed by atoms with Crippen molar-refractivity contribution in [1.29, 1.82) is 0 Å². The molecule has 24 heteroatoms. The Hall–Kier alpha value is -3.36. The highest BCUT2D eigenvalue weighted by Crippen LogP contribution is 2.07. The van der Waals surface area contributed by atoms with Gasteiger partial charge in [-0.15, -0.1) is 0 Å². The largest absolute Gasteiger partial charge is 0.480 e. The van der Waals surface area contributed by atoms with Crippen molar-refractivity contribution in [1.82, 2.24) is 35.6 Å². The van der Waals surface area contributed by atoms with Crippen LogP contribution in [0.2, 0.25) is 0 Å². The minimum atomic E-state index is -4.98. The summed E-state index contributed by atoms with van der Waals surface area (Å²) in [5.74, 6) is -8.56. The number of aldehydes is 1. The van der Waals surface area contributed by atoms with Crippen LogP contribution in [0, 0.1) is 0 Å². The molecule has 1 rings (SSSR count). The third-order valence-electron chi connectivity index (χ3n) is 8.38. The highest BCUT2D eigenvalue weighted by Gasteiger charge is 2.34. The number of hydrogen-bond acceptors (Lipinski definition) is 15. The zero-order chi connectivity index (χ0) is 40.9. The zero-order valence-corrected chi connectivity index (χ0v) is 32.0. The molecule has 1 unspecified atom stereocenters. The smallest absolute Gasteiger partial charge is 0.317 e. The van der Waals surface area contributed by atoms with Crippen molar-refractivity contribution in [3.05, 3.63) is 0 Å². The lowest BCUT2D eigenvalue weighted by Crippen LogP contribution is -2.61. The van der Waals surface area contributed by atoms with Gasteiger partial charge in [-0.2, -0.15) is 16.8 Å². The molecular formula is C30H55N7O15S2. The van der Waals surface area contributed by atoms with Gasteiger partial charge in [-0.05, 0) is 6.42 Å². The van der Waals surface area contributed by atoms with E-state index in [1.54, 1.807) is 0 Å². The Bertz CT molecular complexity index is 1420. The predicted molar refractivity (Wildman–Crippen MR) is 192 cm³/mol. The molecule has 0 aromatic rings. The number of nitrogens with zero attached hydrogens (tertiary/aromatic N) is 4. The summed E-state index contributed by atoms with van der Waals surface area (Å²) in [5, 5.41) is 35.3. The Morgan fingerprint density at radius 3 is 1.44 bits per heavy atom. The molecular weight excluding hydrogens is 762 g/mol. The van der Waals surface area contributed by atoms with Crippen LogP contribution >= 0.6 is 0 Å². The van der Waals surface area contributed by atoms with Crippen LogP contribution in [0.3, 0.4) is 0 Å². The quantitative estimate of drug-likeness (QED) is 0.0268. The first-order valence-electron chi connectivity index (χ1n) is 17.5. The first-order valence-corrected chi connectivity index (χ1v) is 20.7. The minimum absolute atomic E-state index is 0.0510. The number of carbonyl (C=O) groups is 6. The summed E-state index contributed by atoms with van der Waals surface area (Å²) in [6, 6.07) is -3.91. The molecule has 1 aliphatic rings. The van der Waals surface area contributed by atoms with Crippen molar-refractivity contribution in [3.8, 4) is 0 Å². The molecule has 1 saturated heterocycles. The lowest BCUT2D eigenvalue weighted by molar-refractivity contribution is -0.140. The molecule has 1 fully saturated rings. The van der Waals surface area contributed by atoms with Gasteiger partial charge in [0.25, 0.3) is 20.2 Å². The first-order chi connectivity index (χ1) is 25.2. The summed E-state index contributed by atoms with van der Waals surface area (Å²) in [6.07, 6.45) is 3.96. The second-order valence-electron chi connectivity index (χ2n) is 13.0. The van der Waals surface area contributed by atoms with Crippen LogP contribution < -0.4 is 16.0 Å². The topological polar surface area (TPSA) is 321 Å². The number of aliphatic carboxylic acids is 3. The highest BCUT2D eigenvalue weighted by atomic mass is 32.2. The molecule has 3 atom stereocenters. The number of hydrogen-bond donors (Lipinski definition) is 8. The average Bonchev–Trinajstić information content (AvgIpc) is 3.04. The Kier molecular flexibility index (Phi) is 22.5. The molecule has 54 heavy (non-hydrogen) atoms. The molecule has 2 amide bonds. The standard InChI is InChI=1S/C30H55N7O15S2/c1-2-3-4-5-6-7-8-31-29(45)23(21-53(47,48)49)33-30(46)24(22-54(50,51)52)32-25(20-38)37-15-13-35(18-27(41)42)11-9-34(17-26(39)40)10-12-36(14-16-37)19-28(43)44/h20,23-25,32H,2-19,21-22H2,1H3,(H,31,45)(H,33,46)(H,39,40)(H,41,42)(H,43,44)(H,47,48,49)(H,50,51,52)/t23-,24-,25?/m0/s1. The average molecular weight is 818 g/mol. The van der Waals surface area contributed by atoms with E-state index in [4.69, 9.17) is 0 Å². The summed E-state index contributed by atoms with van der Waals surface area (Å²) in [6.45, 7) is 0.706. The number of carboxylic acid groups (broad SMARTS) is 3. The highest BCUT2D eigenvalue weighted by molar-refractivity contribution is 7.86. The third-order valence-corrected chi connectivity index (χ3v) is 9.89. The van der Waals surface area contributed by atoms with Gasteiger partial charge in [-0.1, -0.05) is 39.0 Å². The summed E-state index contributed by atoms with van der Waals surface area (Å²) in [5.41, 5.74) is 0. The summed E-state index contributed by atoms with van der Waals surface area (Å²) < 4.78 is 66.7. The van der Waals surface area contributed by atoms with Gasteiger partial charge in [-0.3, -0.25) is 58.0 Å². The fourth-order valence-corrected chi connectivity index (χ4v) is 6.96. The Labute approximate surface area is 315 Å². The van der Waals surface area contributed by atoms with E-state index in [0.717, 1.165) is 32.1 Å². The molecule has 1 aliphatic heterocycles. The van der Waals surface area contributed by atoms with E-state index in [1.165, 1.54) is 19.6 Å². The summed E-state index contributed by atoms with van der Waals surface area (Å²) >= 11 is 0. The predicted octanol–water partition coefficient (Wildman–Crippen LogP) is -3.32. The van der Waals surface area contributed by atoms with Crippen LogP contribution in [0.15, 0.2) is 0 Å². The van der Waals surface area contributed by atoms with Gasteiger partial charge in [0.05, 0.1) is 25.4 Å². The number of unbranched alkanes of at least 4 members (excludes halogenated alkanes) is 5. The molecule has 0 radical (unpaired) electrons. The van der Waals surface area contributed by atoms with E-state index in [2.05, 4.69) is 22.9 Å². The lowest BCUT2D eigenvalue weighted by atomic mass is 10.1. The SMILES string of the molecule is CCCCCCCCNC(=O)[C@H](CS(=O)(=O)O)NC(=O)[C@H](CS(=O)(=O)O)NC(C=O)N1CCN(CC(=O)O)CCN(CC(=O)O)CCN(CC(=O)O)CC1. The van der Waals surface area contributed by atoms with Crippen molar-refractivity contribution in [2.24, 2.45) is 0 Å². The lowest BCUT2D eigenvalue weighted by Gasteiger charge is -2.36. The van der Waals surface area contributed by atoms with Crippen molar-refractivity contribution in [3.63, 3.8) is 0 Å². The monoisotopic (exact) mass is 817 g/mol. The molecule has 0 aliphatic carbocycles. The van der Waals surface area contributed by atoms with Crippen molar-refractivity contribution < 1.29 is 70.0 Å². The first kappa shape index (κ1) is 48.7. The van der Waals surface area contributed by atoms with Crippen LogP contribution in [0.1, 0.15) is 45.4 Å². The molecule has 0 aromatic heterocycles. The fourth-order valence-electron chi connectivity index (χ4n) is 5.63. The molecule has 0 bridgehead atoms. The van der Waals surface area contributed by atoms with Gasteiger partial charge in [0.2, 0.25) is 11.8 Å². The van der Waals surface area contributed by atoms with Gasteiger partial charge in [-0.25, -0.2) is 0 Å². The molecule has 1 heterocycles. The number of nitrogens with one attached hydrogen (secondary N) is 3. The van der Waals surface area contributed by atoms with Crippen LogP contribution in [-0.4, -0.2) is 205 Å². The zero-order valence-electron chi connectivity index (χ0n) is 30.4. The second-order valence-corrected chi connectivity index (χ2v) is 16.0. The Morgan fingerprint density at radius 1 is 0.630 bits per heavy atom. The van der Waals surface area contributed by atoms with Gasteiger partial charge in [0, 0.05) is 58.9 Å². The maximum atomic E-state index is 13.5. The van der Waals surface area contributed by atoms with Crippen LogP contribution in [0.5, 0.6) is 0 Å². The van der Waals surface area contributed by atoms with Crippen molar-refractivity contribution >= 4 is 56.2 Å². The molecule has 22 nitrogen and oxygen atoms in total. The Morgan fingerprint density at radius 2 is 1.04 bits per heavy atom. The molecule has 8 N–H and O–H groups in total. The number of amides is 2. The fraction of sp³-hybridized carbons (Fsp3) is 0.800. The molecule has 0 aromatic carbocycles. The van der Waals surface area contributed by atoms with Gasteiger partial charge >= 0.3 is 17.9 Å². The normalized spacial score (nSPS) is 18.0. The van der Waals surface area contributed by atoms with Crippen molar-refractivity contribution in [2.75, 3.05) is 90.0 Å². The van der Waals surface area contributed by atoms with Crippen LogP contribution in [-0.2, 0) is 49.0 Å². The second kappa shape index (κ2) is 24.9. The van der Waals surface area contributed by atoms with E-state index >= 15 is 0 Å². The number of carbonyl (C=O) groups excluding carboxylic acids is 3. The molecule has 312 valence electrons. The van der Waals surface area contributed by atoms with E-state index in [1.807, 2.05) is 0 Å². The maximum absolute atomic E-state index is 13.5. The van der Waals surface area contributed by atoms with Crippen molar-refractivity contribution in [2.45, 2.75) is 63.7 Å². The van der Waals surface area contributed by atoms with Gasteiger partial charge < -0.3 is 30.7 Å². The van der Waals surface area contributed by atoms with E-state index in [0.29, 0.717) is 6.42 Å². The van der Waals surface area contributed by atoms with E-state index in [-0.39, 0.29) is 65.2 Å². The summed E-state index contributed by atoms with van der Waals surface area (Å²) in [4.78, 5) is 79.3. The van der Waals surface area contributed by atoms with Gasteiger partial charge in [0.15, 0.2) is 6.29 Å².